The van der Waals surface area contributed by atoms with Gasteiger partial charge in [0, 0.05) is 5.92 Å². The minimum absolute atomic E-state index is 0.268. The molecule has 64 valence electrons. The number of Topliss-reactive ketones (excluding diaryl/α,β-unsaturated/α-hetero) is 1. The summed E-state index contributed by atoms with van der Waals surface area (Å²) in [6.45, 7) is 6.17. The maximum Gasteiger partial charge on any atom is 0.133 e. The van der Waals surface area contributed by atoms with Gasteiger partial charge in [0.15, 0.2) is 0 Å². The van der Waals surface area contributed by atoms with Crippen molar-refractivity contribution >= 4 is 5.78 Å². The Morgan fingerprint density at radius 1 is 1.36 bits per heavy atom. The first kappa shape index (κ1) is 8.76. The van der Waals surface area contributed by atoms with Crippen LogP contribution >= 0.6 is 0 Å². The second-order valence-electron chi connectivity index (χ2n) is 4.40. The Morgan fingerprint density at radius 2 is 2.00 bits per heavy atom. The molecule has 1 fully saturated rings. The predicted octanol–water partition coefficient (Wildman–Crippen LogP) is 2.79. The van der Waals surface area contributed by atoms with Crippen molar-refractivity contribution in [3.8, 4) is 0 Å². The Kier molecular flexibility index (Phi) is 2.36. The second kappa shape index (κ2) is 2.96. The van der Waals surface area contributed by atoms with E-state index < -0.39 is 0 Å². The van der Waals surface area contributed by atoms with Crippen LogP contribution in [0.25, 0.3) is 0 Å². The molecule has 1 rings (SSSR count). The Hall–Kier alpha value is -0.330. The molecule has 1 saturated carbocycles. The van der Waals surface area contributed by atoms with Gasteiger partial charge < -0.3 is 0 Å². The first-order valence-corrected chi connectivity index (χ1v) is 4.54. The largest absolute Gasteiger partial charge is 0.300 e. The third kappa shape index (κ3) is 1.82. The van der Waals surface area contributed by atoms with Gasteiger partial charge in [0.2, 0.25) is 0 Å². The van der Waals surface area contributed by atoms with Gasteiger partial charge in [-0.1, -0.05) is 26.7 Å². The Balaban J connectivity index is 2.67. The Labute approximate surface area is 69.2 Å². The first-order chi connectivity index (χ1) is 5.04. The van der Waals surface area contributed by atoms with E-state index in [-0.39, 0.29) is 5.41 Å². The highest BCUT2D eigenvalue weighted by Crippen LogP contribution is 2.40. The summed E-state index contributed by atoms with van der Waals surface area (Å²) in [6, 6.07) is 0. The van der Waals surface area contributed by atoms with E-state index in [4.69, 9.17) is 0 Å². The topological polar surface area (TPSA) is 17.1 Å². The normalized spacial score (nSPS) is 29.9. The molecule has 0 radical (unpaired) electrons. The molecule has 0 heterocycles. The summed E-state index contributed by atoms with van der Waals surface area (Å²) in [6.07, 6.45) is 4.88. The van der Waals surface area contributed by atoms with Crippen molar-refractivity contribution in [3.05, 3.63) is 0 Å². The van der Waals surface area contributed by atoms with E-state index in [2.05, 4.69) is 13.8 Å². The summed E-state index contributed by atoms with van der Waals surface area (Å²) in [4.78, 5) is 11.2. The number of ketones is 1. The third-order valence-corrected chi connectivity index (χ3v) is 3.00. The van der Waals surface area contributed by atoms with Crippen molar-refractivity contribution < 1.29 is 4.79 Å². The highest BCUT2D eigenvalue weighted by Gasteiger charge is 2.34. The van der Waals surface area contributed by atoms with Crippen molar-refractivity contribution in [2.24, 2.45) is 11.3 Å². The molecule has 0 bridgehead atoms. The molecule has 1 aliphatic rings. The van der Waals surface area contributed by atoms with Crippen molar-refractivity contribution in [3.63, 3.8) is 0 Å². The molecule has 1 unspecified atom stereocenters. The molecule has 0 aromatic carbocycles. The van der Waals surface area contributed by atoms with Gasteiger partial charge in [-0.2, -0.15) is 0 Å². The standard InChI is InChI=1S/C10H18O/c1-8(11)9-6-4-5-7-10(9,2)3/h9H,4-7H2,1-3H3. The molecule has 0 aromatic heterocycles. The molecule has 1 aliphatic carbocycles. The summed E-state index contributed by atoms with van der Waals surface area (Å²) < 4.78 is 0. The molecule has 1 nitrogen and oxygen atoms in total. The number of carbonyl (C=O) groups is 1. The lowest BCUT2D eigenvalue weighted by molar-refractivity contribution is -0.125. The van der Waals surface area contributed by atoms with Crippen molar-refractivity contribution in [2.45, 2.75) is 46.5 Å². The van der Waals surface area contributed by atoms with E-state index in [1.54, 1.807) is 6.92 Å². The van der Waals surface area contributed by atoms with Crippen LogP contribution in [0.5, 0.6) is 0 Å². The van der Waals surface area contributed by atoms with Gasteiger partial charge in [0.25, 0.3) is 0 Å². The van der Waals surface area contributed by atoms with Gasteiger partial charge in [-0.25, -0.2) is 0 Å². The smallest absolute Gasteiger partial charge is 0.133 e. The molecule has 1 atom stereocenters. The highest BCUT2D eigenvalue weighted by molar-refractivity contribution is 5.79. The van der Waals surface area contributed by atoms with E-state index >= 15 is 0 Å². The van der Waals surface area contributed by atoms with Gasteiger partial charge >= 0.3 is 0 Å². The van der Waals surface area contributed by atoms with Crippen molar-refractivity contribution in [2.75, 3.05) is 0 Å². The molecule has 1 heteroatoms. The molecule has 0 amide bonds. The summed E-state index contributed by atoms with van der Waals surface area (Å²) in [5, 5.41) is 0. The summed E-state index contributed by atoms with van der Waals surface area (Å²) in [5.41, 5.74) is 0.268. The van der Waals surface area contributed by atoms with Crippen molar-refractivity contribution in [1.82, 2.24) is 0 Å². The number of rotatable bonds is 1. The maximum atomic E-state index is 11.2. The van der Waals surface area contributed by atoms with Crippen LogP contribution in [0.15, 0.2) is 0 Å². The lowest BCUT2D eigenvalue weighted by atomic mass is 9.67. The van der Waals surface area contributed by atoms with Crippen LogP contribution < -0.4 is 0 Å². The van der Waals surface area contributed by atoms with Gasteiger partial charge in [-0.05, 0) is 25.2 Å². The highest BCUT2D eigenvalue weighted by atomic mass is 16.1. The van der Waals surface area contributed by atoms with Gasteiger partial charge in [0.05, 0.1) is 0 Å². The minimum Gasteiger partial charge on any atom is -0.300 e. The van der Waals surface area contributed by atoms with Crippen LogP contribution in [-0.2, 0) is 4.79 Å². The summed E-state index contributed by atoms with van der Waals surface area (Å²) in [5.74, 6) is 0.714. The van der Waals surface area contributed by atoms with Crippen molar-refractivity contribution in [1.29, 1.82) is 0 Å². The minimum atomic E-state index is 0.268. The summed E-state index contributed by atoms with van der Waals surface area (Å²) in [7, 11) is 0. The number of hydrogen-bond acceptors (Lipinski definition) is 1. The zero-order valence-electron chi connectivity index (χ0n) is 7.81. The fraction of sp³-hybridized carbons (Fsp3) is 0.900. The van der Waals surface area contributed by atoms with Gasteiger partial charge in [-0.15, -0.1) is 0 Å². The lowest BCUT2D eigenvalue weighted by Crippen LogP contribution is -2.32. The maximum absolute atomic E-state index is 11.2. The van der Waals surface area contributed by atoms with E-state index in [1.807, 2.05) is 0 Å². The zero-order chi connectivity index (χ0) is 8.48. The third-order valence-electron chi connectivity index (χ3n) is 3.00. The Bertz CT molecular complexity index is 158. The Morgan fingerprint density at radius 3 is 2.36 bits per heavy atom. The lowest BCUT2D eigenvalue weighted by Gasteiger charge is -2.36. The molecule has 0 aromatic rings. The van der Waals surface area contributed by atoms with Crippen LogP contribution in [0.2, 0.25) is 0 Å². The molecule has 0 saturated heterocycles. The van der Waals surface area contributed by atoms with Gasteiger partial charge in [0.1, 0.15) is 5.78 Å². The fourth-order valence-corrected chi connectivity index (χ4v) is 2.25. The average Bonchev–Trinajstić information content (AvgIpc) is 1.85. The van der Waals surface area contributed by atoms with Gasteiger partial charge in [-0.3, -0.25) is 4.79 Å². The number of hydrogen-bond donors (Lipinski definition) is 0. The molecule has 0 spiro atoms. The fourth-order valence-electron chi connectivity index (χ4n) is 2.25. The monoisotopic (exact) mass is 154 g/mol. The van der Waals surface area contributed by atoms with E-state index in [9.17, 15) is 4.79 Å². The van der Waals surface area contributed by atoms with Crippen LogP contribution in [0.4, 0.5) is 0 Å². The van der Waals surface area contributed by atoms with E-state index in [1.165, 1.54) is 19.3 Å². The SMILES string of the molecule is CC(=O)C1CCCCC1(C)C. The molecule has 0 N–H and O–H groups in total. The van der Waals surface area contributed by atoms with E-state index in [0.717, 1.165) is 6.42 Å². The predicted molar refractivity (Wildman–Crippen MR) is 46.4 cm³/mol. The van der Waals surface area contributed by atoms with Crippen LogP contribution in [-0.4, -0.2) is 5.78 Å². The molecular formula is C10H18O. The molecule has 11 heavy (non-hydrogen) atoms. The van der Waals surface area contributed by atoms with Crippen LogP contribution in [0, 0.1) is 11.3 Å². The van der Waals surface area contributed by atoms with Crippen LogP contribution in [0.3, 0.4) is 0 Å². The molecule has 0 aliphatic heterocycles. The van der Waals surface area contributed by atoms with Crippen LogP contribution in [0.1, 0.15) is 46.5 Å². The number of carbonyl (C=O) groups excluding carboxylic acids is 1. The van der Waals surface area contributed by atoms with E-state index in [0.29, 0.717) is 11.7 Å². The summed E-state index contributed by atoms with van der Waals surface area (Å²) >= 11 is 0. The average molecular weight is 154 g/mol. The quantitative estimate of drug-likeness (QED) is 0.567. The zero-order valence-corrected chi connectivity index (χ0v) is 7.81. The second-order valence-corrected chi connectivity index (χ2v) is 4.40. The molecular weight excluding hydrogens is 136 g/mol. The first-order valence-electron chi connectivity index (χ1n) is 4.54.